The average Bonchev–Trinajstić information content (AvgIpc) is 2.89. The van der Waals surface area contributed by atoms with Crippen LogP contribution in [-0.2, 0) is 21.3 Å². The van der Waals surface area contributed by atoms with Gasteiger partial charge in [0.2, 0.25) is 10.0 Å². The predicted octanol–water partition coefficient (Wildman–Crippen LogP) is 2.07. The van der Waals surface area contributed by atoms with Crippen LogP contribution in [0.15, 0.2) is 24.3 Å². The third kappa shape index (κ3) is 3.63. The molecule has 0 amide bonds. The number of sulfonamides is 1. The number of likely N-dealkylation sites (tertiary alicyclic amines) is 1. The van der Waals surface area contributed by atoms with Crippen molar-refractivity contribution >= 4 is 21.6 Å². The van der Waals surface area contributed by atoms with Crippen molar-refractivity contribution in [1.82, 2.24) is 9.21 Å². The lowest BCUT2D eigenvalue weighted by Crippen LogP contribution is -2.48. The summed E-state index contributed by atoms with van der Waals surface area (Å²) >= 11 is 6.28. The van der Waals surface area contributed by atoms with E-state index in [4.69, 9.17) is 16.3 Å². The van der Waals surface area contributed by atoms with Gasteiger partial charge in [-0.1, -0.05) is 29.8 Å². The van der Waals surface area contributed by atoms with Gasteiger partial charge in [-0.05, 0) is 30.5 Å². The van der Waals surface area contributed by atoms with Crippen molar-refractivity contribution in [3.63, 3.8) is 0 Å². The molecule has 0 aromatic heterocycles. The Morgan fingerprint density at radius 2 is 2.08 bits per heavy atom. The van der Waals surface area contributed by atoms with Crippen LogP contribution in [0, 0.1) is 11.3 Å². The normalized spacial score (nSPS) is 28.9. The first-order valence-electron chi connectivity index (χ1n) is 8.24. The molecule has 2 atom stereocenters. The second-order valence-corrected chi connectivity index (χ2v) is 9.51. The SMILES string of the molecule is COC[C@@]12CCN(Cc3ccccc3Cl)C[C@@H]1CN(S(C)(=O)=O)C2. The van der Waals surface area contributed by atoms with Crippen LogP contribution in [0.1, 0.15) is 12.0 Å². The minimum absolute atomic E-state index is 0.0607. The van der Waals surface area contributed by atoms with E-state index in [0.717, 1.165) is 36.6 Å². The number of fused-ring (bicyclic) bond motifs is 1. The summed E-state index contributed by atoms with van der Waals surface area (Å²) in [4.78, 5) is 2.38. The monoisotopic (exact) mass is 372 g/mol. The van der Waals surface area contributed by atoms with Gasteiger partial charge in [0.15, 0.2) is 0 Å². The second kappa shape index (κ2) is 6.92. The van der Waals surface area contributed by atoms with E-state index < -0.39 is 10.0 Å². The van der Waals surface area contributed by atoms with Gasteiger partial charge in [0.1, 0.15) is 0 Å². The van der Waals surface area contributed by atoms with Crippen LogP contribution in [0.3, 0.4) is 0 Å². The number of ether oxygens (including phenoxy) is 1. The highest BCUT2D eigenvalue weighted by Gasteiger charge is 2.51. The van der Waals surface area contributed by atoms with Crippen LogP contribution in [-0.4, -0.2) is 63.8 Å². The van der Waals surface area contributed by atoms with Crippen molar-refractivity contribution in [1.29, 1.82) is 0 Å². The van der Waals surface area contributed by atoms with Crippen molar-refractivity contribution in [2.75, 3.05) is 46.2 Å². The highest BCUT2D eigenvalue weighted by molar-refractivity contribution is 7.88. The molecule has 2 fully saturated rings. The van der Waals surface area contributed by atoms with Crippen LogP contribution < -0.4 is 0 Å². The van der Waals surface area contributed by atoms with Crippen LogP contribution in [0.2, 0.25) is 5.02 Å². The molecule has 2 heterocycles. The van der Waals surface area contributed by atoms with Gasteiger partial charge in [0, 0.05) is 43.7 Å². The zero-order valence-corrected chi connectivity index (χ0v) is 15.8. The summed E-state index contributed by atoms with van der Waals surface area (Å²) in [6.45, 7) is 4.39. The lowest BCUT2D eigenvalue weighted by atomic mass is 9.73. The Labute approximate surface area is 149 Å². The van der Waals surface area contributed by atoms with Gasteiger partial charge >= 0.3 is 0 Å². The number of hydrogen-bond donors (Lipinski definition) is 0. The summed E-state index contributed by atoms with van der Waals surface area (Å²) in [5, 5.41) is 0.787. The molecule has 2 saturated heterocycles. The average molecular weight is 373 g/mol. The topological polar surface area (TPSA) is 49.9 Å². The van der Waals surface area contributed by atoms with Crippen molar-refractivity contribution in [2.24, 2.45) is 11.3 Å². The van der Waals surface area contributed by atoms with E-state index in [1.807, 2.05) is 18.2 Å². The molecule has 0 N–H and O–H groups in total. The van der Waals surface area contributed by atoms with Gasteiger partial charge in [-0.2, -0.15) is 0 Å². The Hall–Kier alpha value is -0.660. The molecule has 5 nitrogen and oxygen atoms in total. The van der Waals surface area contributed by atoms with Gasteiger partial charge in [-0.15, -0.1) is 0 Å². The zero-order chi connectivity index (χ0) is 17.4. The van der Waals surface area contributed by atoms with E-state index >= 15 is 0 Å². The summed E-state index contributed by atoms with van der Waals surface area (Å²) in [5.41, 5.74) is 1.06. The van der Waals surface area contributed by atoms with Crippen LogP contribution in [0.25, 0.3) is 0 Å². The molecule has 7 heteroatoms. The largest absolute Gasteiger partial charge is 0.384 e. The highest BCUT2D eigenvalue weighted by Crippen LogP contribution is 2.44. The summed E-state index contributed by atoms with van der Waals surface area (Å²) in [5.74, 6) is 0.295. The Morgan fingerprint density at radius 1 is 1.33 bits per heavy atom. The number of rotatable bonds is 5. The van der Waals surface area contributed by atoms with Gasteiger partial charge < -0.3 is 4.74 Å². The first-order chi connectivity index (χ1) is 11.3. The maximum Gasteiger partial charge on any atom is 0.211 e. The van der Waals surface area contributed by atoms with Crippen molar-refractivity contribution in [2.45, 2.75) is 13.0 Å². The molecule has 0 bridgehead atoms. The third-order valence-electron chi connectivity index (χ3n) is 5.44. The molecule has 1 aromatic rings. The first-order valence-corrected chi connectivity index (χ1v) is 10.5. The van der Waals surface area contributed by atoms with Crippen molar-refractivity contribution in [3.8, 4) is 0 Å². The number of hydrogen-bond acceptors (Lipinski definition) is 4. The van der Waals surface area contributed by atoms with Crippen LogP contribution in [0.4, 0.5) is 0 Å². The van der Waals surface area contributed by atoms with Gasteiger partial charge in [0.05, 0.1) is 12.9 Å². The zero-order valence-electron chi connectivity index (χ0n) is 14.2. The lowest BCUT2D eigenvalue weighted by molar-refractivity contribution is -0.00107. The first kappa shape index (κ1) is 18.1. The number of piperidine rings is 1. The second-order valence-electron chi connectivity index (χ2n) is 7.12. The van der Waals surface area contributed by atoms with Crippen molar-refractivity contribution in [3.05, 3.63) is 34.9 Å². The summed E-state index contributed by atoms with van der Waals surface area (Å²) < 4.78 is 31.1. The Morgan fingerprint density at radius 3 is 2.75 bits per heavy atom. The molecule has 1 aromatic carbocycles. The summed E-state index contributed by atoms with van der Waals surface area (Å²) in [7, 11) is -1.46. The van der Waals surface area contributed by atoms with E-state index in [1.165, 1.54) is 6.26 Å². The molecule has 2 aliphatic rings. The van der Waals surface area contributed by atoms with E-state index in [1.54, 1.807) is 11.4 Å². The minimum atomic E-state index is -3.16. The van der Waals surface area contributed by atoms with E-state index in [0.29, 0.717) is 25.6 Å². The molecule has 134 valence electrons. The summed E-state index contributed by atoms with van der Waals surface area (Å²) in [6, 6.07) is 7.90. The third-order valence-corrected chi connectivity index (χ3v) is 7.02. The van der Waals surface area contributed by atoms with Gasteiger partial charge in [0.25, 0.3) is 0 Å². The maximum absolute atomic E-state index is 12.0. The molecule has 0 saturated carbocycles. The fourth-order valence-electron chi connectivity index (χ4n) is 4.09. The maximum atomic E-state index is 12.0. The fraction of sp³-hybridized carbons (Fsp3) is 0.647. The summed E-state index contributed by atoms with van der Waals surface area (Å²) in [6.07, 6.45) is 2.24. The molecule has 0 radical (unpaired) electrons. The molecule has 24 heavy (non-hydrogen) atoms. The quantitative estimate of drug-likeness (QED) is 0.794. The standard InChI is InChI=1S/C17H25ClN2O3S/c1-23-13-17-7-8-19(9-14-5-3-4-6-16(14)18)10-15(17)11-20(12-17)24(2,21)22/h3-6,15H,7-13H2,1-2H3/t15-,17+/m1/s1. The number of benzene rings is 1. The molecule has 0 unspecified atom stereocenters. The minimum Gasteiger partial charge on any atom is -0.384 e. The fourth-order valence-corrected chi connectivity index (χ4v) is 5.23. The molecule has 0 aliphatic carbocycles. The van der Waals surface area contributed by atoms with E-state index in [2.05, 4.69) is 11.0 Å². The van der Waals surface area contributed by atoms with Gasteiger partial charge in [-0.25, -0.2) is 12.7 Å². The molecule has 0 spiro atoms. The Kier molecular flexibility index (Phi) is 5.23. The molecule has 2 aliphatic heterocycles. The number of nitrogens with zero attached hydrogens (tertiary/aromatic N) is 2. The Bertz CT molecular complexity index is 697. The Balaban J connectivity index is 1.75. The van der Waals surface area contributed by atoms with Gasteiger partial charge in [-0.3, -0.25) is 4.90 Å². The molecular formula is C17H25ClN2O3S. The van der Waals surface area contributed by atoms with Crippen molar-refractivity contribution < 1.29 is 13.2 Å². The smallest absolute Gasteiger partial charge is 0.211 e. The van der Waals surface area contributed by atoms with Crippen LogP contribution in [0.5, 0.6) is 0 Å². The lowest BCUT2D eigenvalue weighted by Gasteiger charge is -2.43. The number of methoxy groups -OCH3 is 1. The predicted molar refractivity (Wildman–Crippen MR) is 95.6 cm³/mol. The van der Waals surface area contributed by atoms with E-state index in [9.17, 15) is 8.42 Å². The molecule has 3 rings (SSSR count). The number of halogens is 1. The van der Waals surface area contributed by atoms with E-state index in [-0.39, 0.29) is 5.41 Å². The van der Waals surface area contributed by atoms with Crippen LogP contribution >= 0.6 is 11.6 Å². The molecular weight excluding hydrogens is 348 g/mol. The highest BCUT2D eigenvalue weighted by atomic mass is 35.5.